The van der Waals surface area contributed by atoms with Crippen molar-refractivity contribution in [3.63, 3.8) is 0 Å². The van der Waals surface area contributed by atoms with E-state index in [0.717, 1.165) is 35.7 Å². The first-order valence-corrected chi connectivity index (χ1v) is 8.95. The van der Waals surface area contributed by atoms with Gasteiger partial charge in [0.1, 0.15) is 11.6 Å². The summed E-state index contributed by atoms with van der Waals surface area (Å²) >= 11 is 0. The molecule has 0 atom stereocenters. The zero-order chi connectivity index (χ0) is 18.8. The van der Waals surface area contributed by atoms with Crippen LogP contribution >= 0.6 is 0 Å². The highest BCUT2D eigenvalue weighted by molar-refractivity contribution is 6.05. The van der Waals surface area contributed by atoms with Crippen molar-refractivity contribution < 1.29 is 13.9 Å². The smallest absolute Gasteiger partial charge is 0.255 e. The summed E-state index contributed by atoms with van der Waals surface area (Å²) in [5.74, 6) is 0.0890. The molecule has 1 fully saturated rings. The van der Waals surface area contributed by atoms with Crippen molar-refractivity contribution in [2.45, 2.75) is 25.3 Å². The molecule has 2 N–H and O–H groups in total. The number of benzene rings is 2. The first-order valence-electron chi connectivity index (χ1n) is 8.95. The topological polar surface area (TPSA) is 67.0 Å². The summed E-state index contributed by atoms with van der Waals surface area (Å²) in [6, 6.07) is 10.0. The van der Waals surface area contributed by atoms with E-state index in [1.54, 1.807) is 25.3 Å². The van der Waals surface area contributed by atoms with Crippen molar-refractivity contribution in [2.75, 3.05) is 7.11 Å². The number of nitrogens with one attached hydrogen (secondary N) is 2. The quantitative estimate of drug-likeness (QED) is 0.713. The second-order valence-electron chi connectivity index (χ2n) is 6.66. The van der Waals surface area contributed by atoms with Crippen LogP contribution in [0.4, 0.5) is 4.39 Å². The third kappa shape index (κ3) is 3.43. The second-order valence-corrected chi connectivity index (χ2v) is 6.66. The predicted octanol–water partition coefficient (Wildman–Crippen LogP) is 4.16. The van der Waals surface area contributed by atoms with E-state index in [0.29, 0.717) is 17.0 Å². The van der Waals surface area contributed by atoms with E-state index >= 15 is 0 Å². The molecule has 1 saturated carbocycles. The Kier molecular flexibility index (Phi) is 4.62. The number of carbonyl (C=O) groups is 1. The number of carbonyl (C=O) groups excluding carboxylic acids is 1. The molecule has 0 spiro atoms. The van der Waals surface area contributed by atoms with Gasteiger partial charge in [-0.05, 0) is 55.2 Å². The Morgan fingerprint density at radius 2 is 2.00 bits per heavy atom. The molecule has 1 aliphatic carbocycles. The number of halogens is 1. The van der Waals surface area contributed by atoms with E-state index in [2.05, 4.69) is 15.5 Å². The number of fused-ring (bicyclic) bond motifs is 1. The van der Waals surface area contributed by atoms with Gasteiger partial charge in [-0.15, -0.1) is 0 Å². The maximum absolute atomic E-state index is 13.1. The number of H-pyrrole nitrogens is 1. The molecule has 4 rings (SSSR count). The van der Waals surface area contributed by atoms with Crippen LogP contribution in [0.3, 0.4) is 0 Å². The Bertz CT molecular complexity index is 1000. The van der Waals surface area contributed by atoms with E-state index in [1.807, 2.05) is 18.2 Å². The Labute approximate surface area is 156 Å². The molecule has 5 nitrogen and oxygen atoms in total. The lowest BCUT2D eigenvalue weighted by Gasteiger charge is -2.26. The van der Waals surface area contributed by atoms with Gasteiger partial charge in [0.25, 0.3) is 5.91 Å². The molecular weight excluding hydrogens is 345 g/mol. The first kappa shape index (κ1) is 17.3. The number of hydrogen-bond acceptors (Lipinski definition) is 3. The maximum atomic E-state index is 13.1. The number of aromatic nitrogens is 2. The summed E-state index contributed by atoms with van der Waals surface area (Å²) in [6.45, 7) is 0. The summed E-state index contributed by atoms with van der Waals surface area (Å²) in [6.07, 6.45) is 6.86. The number of ether oxygens (including phenoxy) is 1. The molecule has 27 heavy (non-hydrogen) atoms. The average Bonchev–Trinajstić information content (AvgIpc) is 3.06. The van der Waals surface area contributed by atoms with Gasteiger partial charge in [-0.3, -0.25) is 9.89 Å². The van der Waals surface area contributed by atoms with Gasteiger partial charge in [-0.2, -0.15) is 5.10 Å². The van der Waals surface area contributed by atoms with Crippen LogP contribution in [0.5, 0.6) is 5.75 Å². The second kappa shape index (κ2) is 7.23. The summed E-state index contributed by atoms with van der Waals surface area (Å²) in [5.41, 5.74) is 2.79. The number of methoxy groups -OCH3 is 1. The molecule has 0 bridgehead atoms. The van der Waals surface area contributed by atoms with Crippen molar-refractivity contribution in [3.05, 3.63) is 59.0 Å². The van der Waals surface area contributed by atoms with Crippen LogP contribution in [0, 0.1) is 5.82 Å². The average molecular weight is 365 g/mol. The summed E-state index contributed by atoms with van der Waals surface area (Å²) < 4.78 is 18.6. The summed E-state index contributed by atoms with van der Waals surface area (Å²) in [4.78, 5) is 12.6. The minimum absolute atomic E-state index is 0.131. The lowest BCUT2D eigenvalue weighted by atomic mass is 9.93. The van der Waals surface area contributed by atoms with Crippen molar-refractivity contribution in [1.82, 2.24) is 15.5 Å². The minimum atomic E-state index is -0.277. The third-order valence-electron chi connectivity index (χ3n) is 4.90. The monoisotopic (exact) mass is 365 g/mol. The van der Waals surface area contributed by atoms with Crippen molar-refractivity contribution in [2.24, 2.45) is 0 Å². The van der Waals surface area contributed by atoms with Gasteiger partial charge in [0, 0.05) is 6.04 Å². The normalized spacial score (nSPS) is 14.4. The number of amides is 1. The van der Waals surface area contributed by atoms with E-state index in [9.17, 15) is 9.18 Å². The lowest BCUT2D eigenvalue weighted by molar-refractivity contribution is 0.0914. The Morgan fingerprint density at radius 1 is 1.22 bits per heavy atom. The number of rotatable bonds is 5. The fourth-order valence-electron chi connectivity index (χ4n) is 3.18. The predicted molar refractivity (Wildman–Crippen MR) is 103 cm³/mol. The molecule has 0 aliphatic heterocycles. The Balaban J connectivity index is 1.70. The molecule has 1 heterocycles. The molecule has 0 unspecified atom stereocenters. The number of hydrogen-bond donors (Lipinski definition) is 2. The number of aromatic amines is 1. The van der Waals surface area contributed by atoms with Gasteiger partial charge in [-0.1, -0.05) is 18.2 Å². The van der Waals surface area contributed by atoms with Gasteiger partial charge in [-0.25, -0.2) is 4.39 Å². The molecule has 1 aliphatic rings. The highest BCUT2D eigenvalue weighted by Crippen LogP contribution is 2.32. The molecule has 1 amide bonds. The zero-order valence-corrected chi connectivity index (χ0v) is 15.0. The van der Waals surface area contributed by atoms with Gasteiger partial charge < -0.3 is 10.1 Å². The summed E-state index contributed by atoms with van der Waals surface area (Å²) in [7, 11) is 1.55. The van der Waals surface area contributed by atoms with Crippen molar-refractivity contribution in [3.8, 4) is 5.75 Å². The highest BCUT2D eigenvalue weighted by Gasteiger charge is 2.23. The van der Waals surface area contributed by atoms with Crippen LogP contribution in [0.1, 0.15) is 40.9 Å². The molecule has 138 valence electrons. The fourth-order valence-corrected chi connectivity index (χ4v) is 3.18. The fraction of sp³-hybridized carbons (Fsp3) is 0.238. The van der Waals surface area contributed by atoms with Crippen LogP contribution in [-0.2, 0) is 0 Å². The molecule has 1 aromatic heterocycles. The maximum Gasteiger partial charge on any atom is 0.255 e. The molecule has 6 heteroatoms. The number of nitrogens with zero attached hydrogens (tertiary/aromatic N) is 1. The highest BCUT2D eigenvalue weighted by atomic mass is 19.1. The molecule has 0 radical (unpaired) electrons. The van der Waals surface area contributed by atoms with Crippen LogP contribution in [0.2, 0.25) is 0 Å². The van der Waals surface area contributed by atoms with Gasteiger partial charge in [0.15, 0.2) is 0 Å². The van der Waals surface area contributed by atoms with Crippen LogP contribution in [0.15, 0.2) is 36.4 Å². The van der Waals surface area contributed by atoms with Crippen molar-refractivity contribution in [1.29, 1.82) is 0 Å². The molecule has 3 aromatic rings. The van der Waals surface area contributed by atoms with E-state index in [4.69, 9.17) is 4.74 Å². The summed E-state index contributed by atoms with van der Waals surface area (Å²) in [5, 5.41) is 11.1. The Hall–Kier alpha value is -3.15. The molecule has 0 saturated heterocycles. The van der Waals surface area contributed by atoms with Crippen LogP contribution in [0.25, 0.3) is 23.1 Å². The van der Waals surface area contributed by atoms with Crippen LogP contribution < -0.4 is 10.1 Å². The third-order valence-corrected chi connectivity index (χ3v) is 4.90. The largest absolute Gasteiger partial charge is 0.495 e. The van der Waals surface area contributed by atoms with E-state index in [-0.39, 0.29) is 17.8 Å². The standard InChI is InChI=1S/C21H20FN3O2/c1-27-20-16(21(26)23-15-3-2-4-15)10-12-18-19(20)17(24-25-18)11-7-13-5-8-14(22)9-6-13/h5-12,15H,2-4H2,1H3,(H,23,26)(H,24,25). The van der Waals surface area contributed by atoms with Gasteiger partial charge in [0.2, 0.25) is 0 Å². The molecule has 2 aromatic carbocycles. The van der Waals surface area contributed by atoms with Crippen LogP contribution in [-0.4, -0.2) is 29.3 Å². The van der Waals surface area contributed by atoms with Crippen molar-refractivity contribution >= 4 is 29.0 Å². The lowest BCUT2D eigenvalue weighted by Crippen LogP contribution is -2.39. The van der Waals surface area contributed by atoms with E-state index < -0.39 is 0 Å². The van der Waals surface area contributed by atoms with Gasteiger partial charge >= 0.3 is 0 Å². The first-order chi connectivity index (χ1) is 13.2. The zero-order valence-electron chi connectivity index (χ0n) is 15.0. The SMILES string of the molecule is COc1c(C(=O)NC2CCC2)ccc2[nH]nc(C=Cc3ccc(F)cc3)c12. The van der Waals surface area contributed by atoms with E-state index in [1.165, 1.54) is 12.1 Å². The minimum Gasteiger partial charge on any atom is -0.495 e. The molecular formula is C21H20FN3O2. The Morgan fingerprint density at radius 3 is 2.67 bits per heavy atom. The van der Waals surface area contributed by atoms with Gasteiger partial charge in [0.05, 0.1) is 29.3 Å².